The number of hydrogen-bond donors (Lipinski definition) is 0. The van der Waals surface area contributed by atoms with E-state index in [-0.39, 0.29) is 16.8 Å². The molecule has 0 saturated heterocycles. The van der Waals surface area contributed by atoms with E-state index in [1.54, 1.807) is 12.3 Å². The van der Waals surface area contributed by atoms with Crippen LogP contribution in [-0.2, 0) is 6.42 Å². The van der Waals surface area contributed by atoms with Gasteiger partial charge in [-0.3, -0.25) is 9.78 Å². The molecule has 0 fully saturated rings. The van der Waals surface area contributed by atoms with Gasteiger partial charge in [-0.1, -0.05) is 25.7 Å². The van der Waals surface area contributed by atoms with Crippen LogP contribution in [0.5, 0.6) is 0 Å². The zero-order valence-corrected chi connectivity index (χ0v) is 13.5. The maximum absolute atomic E-state index is 13.7. The van der Waals surface area contributed by atoms with Crippen LogP contribution in [0.1, 0.15) is 53.0 Å². The SMILES string of the molecule is CC1(C)CC(=O)c2cc(C#Cc3cc(C#N)ccc3F)cnc2C1. The quantitative estimate of drug-likeness (QED) is 0.697. The Morgan fingerprint density at radius 1 is 1.17 bits per heavy atom. The largest absolute Gasteiger partial charge is 0.294 e. The third-order valence-electron chi connectivity index (χ3n) is 3.99. The minimum Gasteiger partial charge on any atom is -0.294 e. The van der Waals surface area contributed by atoms with Gasteiger partial charge in [-0.25, -0.2) is 4.39 Å². The molecule has 0 radical (unpaired) electrons. The molecule has 0 amide bonds. The highest BCUT2D eigenvalue weighted by molar-refractivity contribution is 5.98. The van der Waals surface area contributed by atoms with Crippen LogP contribution in [0.25, 0.3) is 0 Å². The van der Waals surface area contributed by atoms with Gasteiger partial charge in [-0.15, -0.1) is 0 Å². The zero-order valence-electron chi connectivity index (χ0n) is 13.5. The van der Waals surface area contributed by atoms with Crippen LogP contribution in [0.15, 0.2) is 30.5 Å². The van der Waals surface area contributed by atoms with Gasteiger partial charge in [0, 0.05) is 23.7 Å². The molecule has 0 N–H and O–H groups in total. The maximum atomic E-state index is 13.7. The van der Waals surface area contributed by atoms with Gasteiger partial charge < -0.3 is 0 Å². The van der Waals surface area contributed by atoms with Crippen molar-refractivity contribution in [1.29, 1.82) is 5.26 Å². The second-order valence-corrected chi connectivity index (χ2v) is 6.72. The standard InChI is InChI=1S/C20H15FN2O/c1-20(2)9-18-16(19(24)10-20)8-14(12-23-18)3-5-15-7-13(11-22)4-6-17(15)21/h4,6-8,12H,9-10H2,1-2H3. The van der Waals surface area contributed by atoms with Crippen molar-refractivity contribution in [3.05, 3.63) is 64.2 Å². The Morgan fingerprint density at radius 2 is 1.96 bits per heavy atom. The first-order valence-electron chi connectivity index (χ1n) is 7.62. The molecule has 0 saturated carbocycles. The summed E-state index contributed by atoms with van der Waals surface area (Å²) in [6.07, 6.45) is 2.84. The molecule has 3 nitrogen and oxygen atoms in total. The number of benzene rings is 1. The van der Waals surface area contributed by atoms with Crippen molar-refractivity contribution >= 4 is 5.78 Å². The average Bonchev–Trinajstić information content (AvgIpc) is 2.53. The number of pyridine rings is 1. The van der Waals surface area contributed by atoms with E-state index in [1.807, 2.05) is 19.9 Å². The molecule has 0 atom stereocenters. The Bertz CT molecular complexity index is 942. The molecule has 4 heteroatoms. The van der Waals surface area contributed by atoms with Gasteiger partial charge >= 0.3 is 0 Å². The number of carbonyl (C=O) groups excluding carboxylic acids is 1. The smallest absolute Gasteiger partial charge is 0.165 e. The molecule has 0 bridgehead atoms. The average molecular weight is 318 g/mol. The molecule has 1 heterocycles. The molecule has 2 aromatic rings. The minimum absolute atomic E-state index is 0.0649. The van der Waals surface area contributed by atoms with Crippen LogP contribution in [0.2, 0.25) is 0 Å². The number of nitrogens with zero attached hydrogens (tertiary/aromatic N) is 2. The number of ketones is 1. The van der Waals surface area contributed by atoms with Gasteiger partial charge in [0.2, 0.25) is 0 Å². The Kier molecular flexibility index (Phi) is 3.91. The van der Waals surface area contributed by atoms with Crippen LogP contribution in [0.3, 0.4) is 0 Å². The molecule has 1 aliphatic rings. The van der Waals surface area contributed by atoms with E-state index in [2.05, 4.69) is 16.8 Å². The van der Waals surface area contributed by atoms with Gasteiger partial charge in [0.05, 0.1) is 22.9 Å². The highest BCUT2D eigenvalue weighted by Gasteiger charge is 2.31. The molecule has 118 valence electrons. The highest BCUT2D eigenvalue weighted by Crippen LogP contribution is 2.33. The number of halogens is 1. The summed E-state index contributed by atoms with van der Waals surface area (Å²) in [6.45, 7) is 4.10. The third kappa shape index (κ3) is 3.19. The normalized spacial score (nSPS) is 15.0. The molecule has 1 aromatic heterocycles. The first-order chi connectivity index (χ1) is 11.4. The van der Waals surface area contributed by atoms with Crippen molar-refractivity contribution in [2.75, 3.05) is 0 Å². The maximum Gasteiger partial charge on any atom is 0.165 e. The summed E-state index contributed by atoms with van der Waals surface area (Å²) in [5.74, 6) is 5.13. The van der Waals surface area contributed by atoms with E-state index in [9.17, 15) is 9.18 Å². The summed E-state index contributed by atoms with van der Waals surface area (Å²) in [7, 11) is 0. The fraction of sp³-hybridized carbons (Fsp3) is 0.250. The molecular weight excluding hydrogens is 303 g/mol. The van der Waals surface area contributed by atoms with Crippen LogP contribution in [0, 0.1) is 34.4 Å². The fourth-order valence-corrected chi connectivity index (χ4v) is 2.82. The Balaban J connectivity index is 1.96. The molecule has 0 aliphatic heterocycles. The first-order valence-corrected chi connectivity index (χ1v) is 7.62. The van der Waals surface area contributed by atoms with Crippen molar-refractivity contribution in [2.24, 2.45) is 5.41 Å². The number of hydrogen-bond acceptors (Lipinski definition) is 3. The Hall–Kier alpha value is -2.98. The Morgan fingerprint density at radius 3 is 2.71 bits per heavy atom. The molecule has 1 aromatic carbocycles. The lowest BCUT2D eigenvalue weighted by molar-refractivity contribution is 0.0910. The highest BCUT2D eigenvalue weighted by atomic mass is 19.1. The summed E-state index contributed by atoms with van der Waals surface area (Å²) >= 11 is 0. The van der Waals surface area contributed by atoms with Crippen molar-refractivity contribution in [1.82, 2.24) is 4.98 Å². The molecule has 24 heavy (non-hydrogen) atoms. The number of aromatic nitrogens is 1. The van der Waals surface area contributed by atoms with Crippen molar-refractivity contribution in [2.45, 2.75) is 26.7 Å². The molecule has 1 aliphatic carbocycles. The number of rotatable bonds is 0. The van der Waals surface area contributed by atoms with Crippen molar-refractivity contribution < 1.29 is 9.18 Å². The molecular formula is C20H15FN2O. The monoisotopic (exact) mass is 318 g/mol. The summed E-state index contributed by atoms with van der Waals surface area (Å²) in [4.78, 5) is 16.6. The van der Waals surface area contributed by atoms with Gasteiger partial charge in [0.1, 0.15) is 5.82 Å². The predicted molar refractivity (Wildman–Crippen MR) is 87.8 cm³/mol. The minimum atomic E-state index is -0.481. The fourth-order valence-electron chi connectivity index (χ4n) is 2.82. The van der Waals surface area contributed by atoms with Crippen molar-refractivity contribution in [3.63, 3.8) is 0 Å². The van der Waals surface area contributed by atoms with Gasteiger partial charge in [0.15, 0.2) is 5.78 Å². The Labute approximate surface area is 140 Å². The molecule has 0 spiro atoms. The van der Waals surface area contributed by atoms with E-state index in [0.717, 1.165) is 12.1 Å². The second-order valence-electron chi connectivity index (χ2n) is 6.72. The van der Waals surface area contributed by atoms with Crippen LogP contribution < -0.4 is 0 Å². The van der Waals surface area contributed by atoms with Gasteiger partial charge in [0.25, 0.3) is 0 Å². The number of Topliss-reactive ketones (excluding diaryl/α,β-unsaturated/α-hetero) is 1. The summed E-state index contributed by atoms with van der Waals surface area (Å²) in [5, 5.41) is 8.87. The van der Waals surface area contributed by atoms with Gasteiger partial charge in [-0.2, -0.15) is 5.26 Å². The lowest BCUT2D eigenvalue weighted by Gasteiger charge is -2.29. The first kappa shape index (κ1) is 15.9. The summed E-state index contributed by atoms with van der Waals surface area (Å²) < 4.78 is 13.7. The molecule has 0 unspecified atom stereocenters. The molecule has 3 rings (SSSR count). The number of fused-ring (bicyclic) bond motifs is 1. The van der Waals surface area contributed by atoms with Crippen molar-refractivity contribution in [3.8, 4) is 17.9 Å². The predicted octanol–water partition coefficient (Wildman–Crippen LogP) is 3.65. The van der Waals surface area contributed by atoms with E-state index in [1.165, 1.54) is 18.2 Å². The van der Waals surface area contributed by atoms with E-state index >= 15 is 0 Å². The third-order valence-corrected chi connectivity index (χ3v) is 3.99. The summed E-state index contributed by atoms with van der Waals surface area (Å²) in [5.41, 5.74) is 2.38. The topological polar surface area (TPSA) is 53.8 Å². The number of nitriles is 1. The van der Waals surface area contributed by atoms with Crippen LogP contribution in [-0.4, -0.2) is 10.8 Å². The van der Waals surface area contributed by atoms with E-state index < -0.39 is 5.82 Å². The lowest BCUT2D eigenvalue weighted by Crippen LogP contribution is -2.27. The van der Waals surface area contributed by atoms with Crippen LogP contribution >= 0.6 is 0 Å². The summed E-state index contributed by atoms with van der Waals surface area (Å²) in [6, 6.07) is 7.71. The number of carbonyl (C=O) groups is 1. The lowest BCUT2D eigenvalue weighted by atomic mass is 9.75. The van der Waals surface area contributed by atoms with E-state index in [0.29, 0.717) is 23.1 Å². The van der Waals surface area contributed by atoms with Gasteiger partial charge in [-0.05, 0) is 36.1 Å². The zero-order chi connectivity index (χ0) is 17.3. The van der Waals surface area contributed by atoms with E-state index in [4.69, 9.17) is 5.26 Å². The van der Waals surface area contributed by atoms with Crippen LogP contribution in [0.4, 0.5) is 4.39 Å². The second kappa shape index (κ2) is 5.91.